The number of nitrogens with zero attached hydrogens (tertiary/aromatic N) is 2. The van der Waals surface area contributed by atoms with Gasteiger partial charge in [0.25, 0.3) is 0 Å². The summed E-state index contributed by atoms with van der Waals surface area (Å²) in [5, 5.41) is 13.4. The number of aromatic nitrogens is 2. The molecule has 2 nitrogen and oxygen atoms in total. The third-order valence-electron chi connectivity index (χ3n) is 10.9. The molecule has 0 bridgehead atoms. The zero-order valence-electron chi connectivity index (χ0n) is 24.0. The Morgan fingerprint density at radius 2 is 1.25 bits per heavy atom. The highest BCUT2D eigenvalue weighted by Crippen LogP contribution is 2.48. The van der Waals surface area contributed by atoms with E-state index in [1.807, 2.05) is 0 Å². The molecule has 0 fully saturated rings. The summed E-state index contributed by atoms with van der Waals surface area (Å²) < 4.78 is 5.29. The SMILES string of the molecule is Cc1ccc2c3c1-c1cc4ccccc4c4c5c6ccccc6ccc5n(c14)B3c1ccc3ccc4cccc5c4c3c1n5-2. The van der Waals surface area contributed by atoms with Crippen LogP contribution in [0.25, 0.3) is 92.7 Å². The molecule has 0 saturated heterocycles. The summed E-state index contributed by atoms with van der Waals surface area (Å²) in [5.74, 6) is 0. The van der Waals surface area contributed by atoms with Gasteiger partial charge in [-0.3, -0.25) is 0 Å². The molecule has 0 atom stereocenters. The molecule has 0 amide bonds. The highest BCUT2D eigenvalue weighted by atomic mass is 15.0. The van der Waals surface area contributed by atoms with Gasteiger partial charge in [0.15, 0.2) is 0 Å². The van der Waals surface area contributed by atoms with Crippen LogP contribution in [0.3, 0.4) is 0 Å². The molecule has 2 aromatic heterocycles. The van der Waals surface area contributed by atoms with Crippen molar-refractivity contribution in [2.24, 2.45) is 0 Å². The predicted octanol–water partition coefficient (Wildman–Crippen LogP) is 9.05. The van der Waals surface area contributed by atoms with Gasteiger partial charge in [-0.25, -0.2) is 0 Å². The lowest BCUT2D eigenvalue weighted by atomic mass is 9.45. The van der Waals surface area contributed by atoms with E-state index in [-0.39, 0.29) is 6.85 Å². The smallest absolute Gasteiger partial charge is 0.333 e. The second-order valence-electron chi connectivity index (χ2n) is 12.9. The molecule has 200 valence electrons. The number of fused-ring (bicyclic) bond motifs is 12. The predicted molar refractivity (Wildman–Crippen MR) is 188 cm³/mol. The van der Waals surface area contributed by atoms with Crippen LogP contribution in [0, 0.1) is 6.92 Å². The van der Waals surface area contributed by atoms with Crippen molar-refractivity contribution in [1.29, 1.82) is 0 Å². The van der Waals surface area contributed by atoms with Gasteiger partial charge in [0.2, 0.25) is 0 Å². The van der Waals surface area contributed by atoms with Crippen LogP contribution in [0.2, 0.25) is 0 Å². The normalized spacial score (nSPS) is 13.5. The van der Waals surface area contributed by atoms with E-state index in [1.165, 1.54) is 109 Å². The molecule has 3 heteroatoms. The van der Waals surface area contributed by atoms with Crippen molar-refractivity contribution < 1.29 is 0 Å². The van der Waals surface area contributed by atoms with Crippen molar-refractivity contribution >= 4 is 93.7 Å². The van der Waals surface area contributed by atoms with Crippen LogP contribution in [0.4, 0.5) is 0 Å². The molecule has 0 unspecified atom stereocenters. The van der Waals surface area contributed by atoms with Gasteiger partial charge in [-0.2, -0.15) is 0 Å². The minimum atomic E-state index is 0.0787. The second kappa shape index (κ2) is 7.15. The summed E-state index contributed by atoms with van der Waals surface area (Å²) in [6, 6.07) is 46.0. The zero-order valence-corrected chi connectivity index (χ0v) is 24.0. The van der Waals surface area contributed by atoms with Crippen molar-refractivity contribution in [3.63, 3.8) is 0 Å². The number of hydrogen-bond acceptors (Lipinski definition) is 0. The molecule has 12 rings (SSSR count). The average molecular weight is 554 g/mol. The van der Waals surface area contributed by atoms with Crippen LogP contribution in [0.5, 0.6) is 0 Å². The van der Waals surface area contributed by atoms with E-state index in [2.05, 4.69) is 137 Å². The first kappa shape index (κ1) is 22.1. The van der Waals surface area contributed by atoms with Crippen LogP contribution in [-0.2, 0) is 0 Å². The van der Waals surface area contributed by atoms with Crippen molar-refractivity contribution in [2.45, 2.75) is 6.92 Å². The third-order valence-corrected chi connectivity index (χ3v) is 10.9. The van der Waals surface area contributed by atoms with E-state index in [9.17, 15) is 0 Å². The first-order chi connectivity index (χ1) is 21.8. The number of aryl methyl sites for hydroxylation is 1. The molecular weight excluding hydrogens is 531 g/mol. The van der Waals surface area contributed by atoms with Crippen molar-refractivity contribution in [1.82, 2.24) is 9.05 Å². The van der Waals surface area contributed by atoms with Gasteiger partial charge in [0.1, 0.15) is 0 Å². The Bertz CT molecular complexity index is 2960. The van der Waals surface area contributed by atoms with E-state index in [0.29, 0.717) is 0 Å². The highest BCUT2D eigenvalue weighted by Gasteiger charge is 2.42. The lowest BCUT2D eigenvalue weighted by Gasteiger charge is -2.35. The molecule has 0 radical (unpaired) electrons. The summed E-state index contributed by atoms with van der Waals surface area (Å²) in [6.07, 6.45) is 0. The average Bonchev–Trinajstić information content (AvgIpc) is 3.61. The molecule has 2 aliphatic rings. The lowest BCUT2D eigenvalue weighted by Crippen LogP contribution is -2.55. The topological polar surface area (TPSA) is 9.86 Å². The minimum Gasteiger partial charge on any atom is -0.375 e. The summed E-state index contributed by atoms with van der Waals surface area (Å²) >= 11 is 0. The molecule has 10 aromatic rings. The maximum Gasteiger partial charge on any atom is 0.333 e. The van der Waals surface area contributed by atoms with Crippen molar-refractivity contribution in [3.8, 4) is 16.8 Å². The van der Waals surface area contributed by atoms with Crippen LogP contribution >= 0.6 is 0 Å². The lowest BCUT2D eigenvalue weighted by molar-refractivity contribution is 1.17. The fourth-order valence-corrected chi connectivity index (χ4v) is 9.30. The van der Waals surface area contributed by atoms with Gasteiger partial charge < -0.3 is 9.05 Å². The van der Waals surface area contributed by atoms with Crippen LogP contribution < -0.4 is 10.9 Å². The largest absolute Gasteiger partial charge is 0.375 e. The fraction of sp³-hybridized carbons (Fsp3) is 0.0244. The molecule has 8 aromatic carbocycles. The molecule has 0 spiro atoms. The summed E-state index contributed by atoms with van der Waals surface area (Å²) in [7, 11) is 0. The van der Waals surface area contributed by atoms with Gasteiger partial charge >= 0.3 is 6.85 Å². The fourth-order valence-electron chi connectivity index (χ4n) is 9.30. The molecular formula is C41H23BN2. The Hall–Kier alpha value is -5.54. The number of hydrogen-bond donors (Lipinski definition) is 0. The van der Waals surface area contributed by atoms with E-state index < -0.39 is 0 Å². The third kappa shape index (κ3) is 2.26. The number of rotatable bonds is 0. The first-order valence-electron chi connectivity index (χ1n) is 15.6. The van der Waals surface area contributed by atoms with Crippen molar-refractivity contribution in [2.75, 3.05) is 0 Å². The van der Waals surface area contributed by atoms with Crippen molar-refractivity contribution in [3.05, 3.63) is 127 Å². The quantitative estimate of drug-likeness (QED) is 0.131. The summed E-state index contributed by atoms with van der Waals surface area (Å²) in [5.41, 5.74) is 13.6. The minimum absolute atomic E-state index is 0.0787. The van der Waals surface area contributed by atoms with Crippen LogP contribution in [0.15, 0.2) is 121 Å². The molecule has 0 N–H and O–H groups in total. The Kier molecular flexibility index (Phi) is 3.59. The molecule has 4 heterocycles. The van der Waals surface area contributed by atoms with E-state index in [4.69, 9.17) is 0 Å². The monoisotopic (exact) mass is 554 g/mol. The standard InChI is InChI=1S/C41H23BN2/c1-22-13-19-33-39-34(22)29-21-26-8-3-5-11-28(26)38-37-27-10-4-2-7-23(27)17-20-32(37)44(40(29)38)42(39)30-18-16-25-15-14-24-9-6-12-31-35(24)36(25)41(30)43(31)33/h2-21H,1H3. The van der Waals surface area contributed by atoms with E-state index in [1.54, 1.807) is 0 Å². The summed E-state index contributed by atoms with van der Waals surface area (Å²) in [4.78, 5) is 0. The van der Waals surface area contributed by atoms with Gasteiger partial charge in [0.05, 0.1) is 11.0 Å². The van der Waals surface area contributed by atoms with Crippen LogP contribution in [-0.4, -0.2) is 15.9 Å². The van der Waals surface area contributed by atoms with Gasteiger partial charge in [-0.1, -0.05) is 97.1 Å². The summed E-state index contributed by atoms with van der Waals surface area (Å²) in [6.45, 7) is 2.38. The molecule has 2 aliphatic heterocycles. The second-order valence-corrected chi connectivity index (χ2v) is 12.9. The Labute approximate surface area is 252 Å². The highest BCUT2D eigenvalue weighted by molar-refractivity contribution is 6.90. The van der Waals surface area contributed by atoms with Crippen LogP contribution in [0.1, 0.15) is 5.56 Å². The Balaban J connectivity index is 1.41. The number of benzene rings is 8. The molecule has 44 heavy (non-hydrogen) atoms. The van der Waals surface area contributed by atoms with Gasteiger partial charge in [0, 0.05) is 43.8 Å². The van der Waals surface area contributed by atoms with E-state index in [0.717, 1.165) is 0 Å². The Morgan fingerprint density at radius 3 is 2.14 bits per heavy atom. The van der Waals surface area contributed by atoms with Gasteiger partial charge in [-0.05, 0) is 85.6 Å². The zero-order chi connectivity index (χ0) is 28.4. The molecule has 0 aliphatic carbocycles. The maximum absolute atomic E-state index is 2.71. The first-order valence-corrected chi connectivity index (χ1v) is 15.6. The maximum atomic E-state index is 2.71. The van der Waals surface area contributed by atoms with Gasteiger partial charge in [-0.15, -0.1) is 0 Å². The van der Waals surface area contributed by atoms with E-state index >= 15 is 0 Å². The molecule has 0 saturated carbocycles. The Morgan fingerprint density at radius 1 is 0.523 bits per heavy atom.